The molecule has 0 aliphatic rings. The van der Waals surface area contributed by atoms with Crippen molar-refractivity contribution in [2.75, 3.05) is 0 Å². The number of nitrogens with one attached hydrogen (secondary N) is 1. The van der Waals surface area contributed by atoms with Crippen molar-refractivity contribution in [2.24, 2.45) is 5.73 Å². The molecule has 0 saturated heterocycles. The fourth-order valence-corrected chi connectivity index (χ4v) is 1.54. The average Bonchev–Trinajstić information content (AvgIpc) is 2.11. The Morgan fingerprint density at radius 2 is 2.50 bits per heavy atom. The van der Waals surface area contributed by atoms with Crippen LogP contribution < -0.4 is 11.3 Å². The number of thioether (sulfide) groups is 1. The Balaban J connectivity index is 3.01. The van der Waals surface area contributed by atoms with Gasteiger partial charge >= 0.3 is 0 Å². The Kier molecular flexibility index (Phi) is 3.70. The fourth-order valence-electron chi connectivity index (χ4n) is 1.02. The van der Waals surface area contributed by atoms with Crippen LogP contribution in [0.25, 0.3) is 0 Å². The highest BCUT2D eigenvalue weighted by Gasteiger charge is 2.05. The molecule has 0 spiro atoms. The highest BCUT2D eigenvalue weighted by atomic mass is 32.2. The lowest BCUT2D eigenvalue weighted by Gasteiger charge is -2.04. The number of hydrogen-bond acceptors (Lipinski definition) is 4. The first-order valence-corrected chi connectivity index (χ1v) is 5.04. The van der Waals surface area contributed by atoms with E-state index < -0.39 is 0 Å². The molecule has 0 atom stereocenters. The largest absolute Gasteiger partial charge is 0.378 e. The van der Waals surface area contributed by atoms with Crippen LogP contribution in [0.2, 0.25) is 0 Å². The molecule has 1 aromatic heterocycles. The minimum absolute atomic E-state index is 0.121. The summed E-state index contributed by atoms with van der Waals surface area (Å²) < 4.78 is 1.57. The summed E-state index contributed by atoms with van der Waals surface area (Å²) >= 11 is 0.882. The van der Waals surface area contributed by atoms with E-state index in [-0.39, 0.29) is 15.8 Å². The van der Waals surface area contributed by atoms with E-state index in [0.29, 0.717) is 6.54 Å². The molecule has 6 heteroatoms. The molecule has 0 saturated carbocycles. The maximum Gasteiger partial charge on any atom is 0.283 e. The molecule has 1 aromatic rings. The molecule has 0 fully saturated rings. The van der Waals surface area contributed by atoms with E-state index in [0.717, 1.165) is 18.2 Å². The summed E-state index contributed by atoms with van der Waals surface area (Å²) in [4.78, 5) is 15.5. The van der Waals surface area contributed by atoms with Gasteiger partial charge in [-0.15, -0.1) is 0 Å². The van der Waals surface area contributed by atoms with Crippen LogP contribution in [0.1, 0.15) is 13.3 Å². The minimum Gasteiger partial charge on any atom is -0.378 e. The van der Waals surface area contributed by atoms with Crippen molar-refractivity contribution >= 4 is 16.9 Å². The summed E-state index contributed by atoms with van der Waals surface area (Å²) in [6, 6.07) is 0. The van der Waals surface area contributed by atoms with Crippen LogP contribution in [-0.4, -0.2) is 14.7 Å². The Hall–Kier alpha value is -1.30. The predicted molar refractivity (Wildman–Crippen MR) is 56.6 cm³/mol. The van der Waals surface area contributed by atoms with Crippen molar-refractivity contribution in [3.8, 4) is 0 Å². The van der Waals surface area contributed by atoms with E-state index in [1.807, 2.05) is 6.92 Å². The molecule has 76 valence electrons. The van der Waals surface area contributed by atoms with E-state index in [4.69, 9.17) is 11.1 Å². The number of aromatic nitrogens is 2. The smallest absolute Gasteiger partial charge is 0.283 e. The fraction of sp³-hybridized carbons (Fsp3) is 0.375. The molecule has 0 radical (unpaired) electrons. The quantitative estimate of drug-likeness (QED) is 0.437. The van der Waals surface area contributed by atoms with Crippen molar-refractivity contribution < 1.29 is 0 Å². The molecule has 5 nitrogen and oxygen atoms in total. The number of hydrogen-bond donors (Lipinski definition) is 2. The molecule has 0 aliphatic carbocycles. The highest BCUT2D eigenvalue weighted by molar-refractivity contribution is 8.13. The SMILES string of the molecule is CCCn1ccnc(SC(=N)N)c1=O. The summed E-state index contributed by atoms with van der Waals surface area (Å²) in [6.45, 7) is 2.65. The summed E-state index contributed by atoms with van der Waals surface area (Å²) in [5.41, 5.74) is 4.99. The van der Waals surface area contributed by atoms with Gasteiger partial charge in [0.2, 0.25) is 0 Å². The standard InChI is InChI=1S/C8H12N4OS/c1-2-4-12-5-3-11-6(7(12)13)14-8(9)10/h3,5H,2,4H2,1H3,(H3,9,10). The number of nitrogens with zero attached hydrogens (tertiary/aromatic N) is 2. The van der Waals surface area contributed by atoms with Gasteiger partial charge in [-0.25, -0.2) is 4.98 Å². The first-order valence-electron chi connectivity index (χ1n) is 4.22. The van der Waals surface area contributed by atoms with E-state index in [9.17, 15) is 4.79 Å². The Bertz CT molecular complexity index is 387. The van der Waals surface area contributed by atoms with Crippen molar-refractivity contribution in [1.82, 2.24) is 9.55 Å². The van der Waals surface area contributed by atoms with Crippen LogP contribution in [0.4, 0.5) is 0 Å². The van der Waals surface area contributed by atoms with Gasteiger partial charge in [-0.2, -0.15) is 0 Å². The second kappa shape index (κ2) is 4.80. The van der Waals surface area contributed by atoms with Gasteiger partial charge in [0.05, 0.1) is 0 Å². The molecular weight excluding hydrogens is 200 g/mol. The van der Waals surface area contributed by atoms with Gasteiger partial charge in [-0.3, -0.25) is 10.2 Å². The molecule has 1 heterocycles. The topological polar surface area (TPSA) is 84.8 Å². The molecule has 3 N–H and O–H groups in total. The van der Waals surface area contributed by atoms with Crippen LogP contribution in [0, 0.1) is 5.41 Å². The third-order valence-corrected chi connectivity index (χ3v) is 2.25. The molecule has 0 aliphatic heterocycles. The zero-order valence-electron chi connectivity index (χ0n) is 7.86. The summed E-state index contributed by atoms with van der Waals surface area (Å²) in [6.07, 6.45) is 4.06. The summed E-state index contributed by atoms with van der Waals surface area (Å²) in [7, 11) is 0. The second-order valence-corrected chi connectivity index (χ2v) is 3.73. The highest BCUT2D eigenvalue weighted by Crippen LogP contribution is 2.07. The molecule has 1 rings (SSSR count). The van der Waals surface area contributed by atoms with Gasteiger partial charge in [0.15, 0.2) is 10.2 Å². The van der Waals surface area contributed by atoms with E-state index in [2.05, 4.69) is 4.98 Å². The van der Waals surface area contributed by atoms with Crippen LogP contribution in [0.5, 0.6) is 0 Å². The summed E-state index contributed by atoms with van der Waals surface area (Å²) in [5.74, 6) is 0. The lowest BCUT2D eigenvalue weighted by Crippen LogP contribution is -2.23. The number of amidine groups is 1. The summed E-state index contributed by atoms with van der Waals surface area (Å²) in [5, 5.41) is 7.19. The third-order valence-electron chi connectivity index (χ3n) is 1.55. The monoisotopic (exact) mass is 212 g/mol. The average molecular weight is 212 g/mol. The van der Waals surface area contributed by atoms with Gasteiger partial charge in [0.25, 0.3) is 5.56 Å². The van der Waals surface area contributed by atoms with Gasteiger partial charge in [0.1, 0.15) is 0 Å². The molecule has 14 heavy (non-hydrogen) atoms. The van der Waals surface area contributed by atoms with E-state index >= 15 is 0 Å². The Morgan fingerprint density at radius 1 is 1.79 bits per heavy atom. The Labute approximate surface area is 85.9 Å². The third kappa shape index (κ3) is 2.59. The van der Waals surface area contributed by atoms with E-state index in [1.165, 1.54) is 0 Å². The molecule has 0 unspecified atom stereocenters. The molecule has 0 amide bonds. The Morgan fingerprint density at radius 3 is 3.07 bits per heavy atom. The zero-order chi connectivity index (χ0) is 10.6. The molecule has 0 aromatic carbocycles. The number of nitrogens with two attached hydrogens (primary N) is 1. The van der Waals surface area contributed by atoms with Crippen LogP contribution in [0.15, 0.2) is 22.2 Å². The first kappa shape index (κ1) is 10.8. The zero-order valence-corrected chi connectivity index (χ0v) is 8.67. The van der Waals surface area contributed by atoms with Crippen molar-refractivity contribution in [1.29, 1.82) is 5.41 Å². The lowest BCUT2D eigenvalue weighted by atomic mass is 10.5. The van der Waals surface area contributed by atoms with Crippen molar-refractivity contribution in [3.63, 3.8) is 0 Å². The van der Waals surface area contributed by atoms with Crippen LogP contribution in [0.3, 0.4) is 0 Å². The normalized spacial score (nSPS) is 10.1. The van der Waals surface area contributed by atoms with Crippen molar-refractivity contribution in [3.05, 3.63) is 22.7 Å². The minimum atomic E-state index is -0.186. The van der Waals surface area contributed by atoms with E-state index in [1.54, 1.807) is 17.0 Å². The molecular formula is C8H12N4OS. The van der Waals surface area contributed by atoms with Crippen LogP contribution >= 0.6 is 11.8 Å². The predicted octanol–water partition coefficient (Wildman–Crippen LogP) is 0.639. The maximum atomic E-state index is 11.6. The van der Waals surface area contributed by atoms with Gasteiger partial charge in [-0.05, 0) is 18.2 Å². The number of aryl methyl sites for hydroxylation is 1. The van der Waals surface area contributed by atoms with Crippen molar-refractivity contribution in [2.45, 2.75) is 24.9 Å². The van der Waals surface area contributed by atoms with Gasteiger partial charge in [0, 0.05) is 18.9 Å². The van der Waals surface area contributed by atoms with Gasteiger partial charge in [-0.1, -0.05) is 6.92 Å². The van der Waals surface area contributed by atoms with Crippen LogP contribution in [-0.2, 0) is 6.54 Å². The lowest BCUT2D eigenvalue weighted by molar-refractivity contribution is 0.632. The second-order valence-electron chi connectivity index (χ2n) is 2.70. The maximum absolute atomic E-state index is 11.6. The number of rotatable bonds is 3. The molecule has 0 bridgehead atoms. The van der Waals surface area contributed by atoms with Gasteiger partial charge < -0.3 is 10.3 Å². The first-order chi connectivity index (χ1) is 6.65.